The molecule has 0 fully saturated rings. The average molecular weight is 386 g/mol. The predicted molar refractivity (Wildman–Crippen MR) is 90.3 cm³/mol. The molecule has 1 N–H and O–H groups in total. The summed E-state index contributed by atoms with van der Waals surface area (Å²) in [6.07, 6.45) is 0. The van der Waals surface area contributed by atoms with Crippen LogP contribution in [0, 0.1) is 0 Å². The van der Waals surface area contributed by atoms with Gasteiger partial charge in [0.15, 0.2) is 0 Å². The molecular formula is C15H11BrCl2N2O. The molecule has 0 atom stereocenters. The van der Waals surface area contributed by atoms with E-state index >= 15 is 0 Å². The number of carbonyl (C=O) groups is 1. The molecule has 6 heteroatoms. The Morgan fingerprint density at radius 2 is 1.67 bits per heavy atom. The zero-order valence-electron chi connectivity index (χ0n) is 11.0. The van der Waals surface area contributed by atoms with Crippen molar-refractivity contribution in [3.63, 3.8) is 0 Å². The summed E-state index contributed by atoms with van der Waals surface area (Å²) in [5, 5.41) is 4.81. The molecule has 0 aliphatic carbocycles. The Hall–Kier alpha value is -1.36. The molecule has 0 bridgehead atoms. The highest BCUT2D eigenvalue weighted by Gasteiger charge is 2.07. The van der Waals surface area contributed by atoms with Gasteiger partial charge in [0.25, 0.3) is 5.91 Å². The number of rotatable bonds is 3. The van der Waals surface area contributed by atoms with Crippen LogP contribution in [-0.2, 0) is 0 Å². The third kappa shape index (κ3) is 4.30. The summed E-state index contributed by atoms with van der Waals surface area (Å²) in [5.41, 5.74) is 4.52. The Bertz CT molecular complexity index is 699. The first-order valence-corrected chi connectivity index (χ1v) is 7.58. The Morgan fingerprint density at radius 3 is 2.29 bits per heavy atom. The van der Waals surface area contributed by atoms with Crippen LogP contribution < -0.4 is 5.43 Å². The molecule has 21 heavy (non-hydrogen) atoms. The number of halogens is 3. The topological polar surface area (TPSA) is 41.5 Å². The highest BCUT2D eigenvalue weighted by Crippen LogP contribution is 2.22. The second-order valence-corrected chi connectivity index (χ2v) is 6.00. The highest BCUT2D eigenvalue weighted by molar-refractivity contribution is 9.10. The molecule has 0 aliphatic rings. The zero-order chi connectivity index (χ0) is 15.4. The van der Waals surface area contributed by atoms with E-state index in [2.05, 4.69) is 26.5 Å². The van der Waals surface area contributed by atoms with Gasteiger partial charge in [-0.3, -0.25) is 4.79 Å². The van der Waals surface area contributed by atoms with Crippen LogP contribution in [0.1, 0.15) is 22.8 Å². The van der Waals surface area contributed by atoms with Gasteiger partial charge >= 0.3 is 0 Å². The lowest BCUT2D eigenvalue weighted by molar-refractivity contribution is 0.0955. The number of hydrogen-bond acceptors (Lipinski definition) is 2. The highest BCUT2D eigenvalue weighted by atomic mass is 79.9. The van der Waals surface area contributed by atoms with Gasteiger partial charge in [0.2, 0.25) is 0 Å². The SMILES string of the molecule is C/C(=N\NC(=O)c1ccc(Cl)c(Cl)c1)c1ccc(Br)cc1. The van der Waals surface area contributed by atoms with E-state index in [-0.39, 0.29) is 5.91 Å². The molecule has 2 aromatic rings. The molecule has 0 aliphatic heterocycles. The summed E-state index contributed by atoms with van der Waals surface area (Å²) < 4.78 is 0.985. The van der Waals surface area contributed by atoms with Crippen molar-refractivity contribution < 1.29 is 4.79 Å². The minimum Gasteiger partial charge on any atom is -0.267 e. The van der Waals surface area contributed by atoms with E-state index in [0.717, 1.165) is 10.0 Å². The number of nitrogens with zero attached hydrogens (tertiary/aromatic N) is 1. The molecule has 1 amide bonds. The van der Waals surface area contributed by atoms with Crippen LogP contribution in [0.15, 0.2) is 52.0 Å². The lowest BCUT2D eigenvalue weighted by atomic mass is 10.1. The van der Waals surface area contributed by atoms with Crippen molar-refractivity contribution in [2.45, 2.75) is 6.92 Å². The van der Waals surface area contributed by atoms with Gasteiger partial charge < -0.3 is 0 Å². The van der Waals surface area contributed by atoms with Gasteiger partial charge in [-0.1, -0.05) is 51.3 Å². The summed E-state index contributed by atoms with van der Waals surface area (Å²) in [6, 6.07) is 12.3. The Kier molecular flexibility index (Phi) is 5.39. The molecule has 0 spiro atoms. The second kappa shape index (κ2) is 7.07. The van der Waals surface area contributed by atoms with Crippen molar-refractivity contribution >= 4 is 50.8 Å². The molecule has 0 aromatic heterocycles. The van der Waals surface area contributed by atoms with Crippen molar-refractivity contribution in [1.29, 1.82) is 0 Å². The number of nitrogens with one attached hydrogen (secondary N) is 1. The van der Waals surface area contributed by atoms with E-state index in [4.69, 9.17) is 23.2 Å². The van der Waals surface area contributed by atoms with Crippen LogP contribution in [-0.4, -0.2) is 11.6 Å². The Labute approximate surface area is 141 Å². The summed E-state index contributed by atoms with van der Waals surface area (Å²) in [7, 11) is 0. The quantitative estimate of drug-likeness (QED) is 0.591. The van der Waals surface area contributed by atoms with Crippen LogP contribution >= 0.6 is 39.1 Å². The zero-order valence-corrected chi connectivity index (χ0v) is 14.1. The third-order valence-corrected chi connectivity index (χ3v) is 4.04. The van der Waals surface area contributed by atoms with Crippen molar-refractivity contribution in [3.8, 4) is 0 Å². The first kappa shape index (κ1) is 16.0. The number of amides is 1. The van der Waals surface area contributed by atoms with E-state index < -0.39 is 0 Å². The molecule has 0 saturated carbocycles. The van der Waals surface area contributed by atoms with Crippen molar-refractivity contribution in [1.82, 2.24) is 5.43 Å². The maximum Gasteiger partial charge on any atom is 0.271 e. The van der Waals surface area contributed by atoms with E-state index in [1.54, 1.807) is 12.1 Å². The van der Waals surface area contributed by atoms with E-state index in [9.17, 15) is 4.79 Å². The summed E-state index contributed by atoms with van der Waals surface area (Å²) in [6.45, 7) is 1.82. The molecule has 2 rings (SSSR count). The van der Waals surface area contributed by atoms with Crippen LogP contribution in [0.2, 0.25) is 10.0 Å². The lowest BCUT2D eigenvalue weighted by Gasteiger charge is -2.04. The maximum atomic E-state index is 12.0. The van der Waals surface area contributed by atoms with Gasteiger partial charge in [-0.15, -0.1) is 0 Å². The number of benzene rings is 2. The average Bonchev–Trinajstić information content (AvgIpc) is 2.48. The van der Waals surface area contributed by atoms with Gasteiger partial charge in [0.1, 0.15) is 0 Å². The normalized spacial score (nSPS) is 11.3. The van der Waals surface area contributed by atoms with Crippen molar-refractivity contribution in [2.24, 2.45) is 5.10 Å². The summed E-state index contributed by atoms with van der Waals surface area (Å²) in [4.78, 5) is 12.0. The maximum absolute atomic E-state index is 12.0. The molecule has 3 nitrogen and oxygen atoms in total. The van der Waals surface area contributed by atoms with Gasteiger partial charge in [0.05, 0.1) is 15.8 Å². The molecule has 0 saturated heterocycles. The fraction of sp³-hybridized carbons (Fsp3) is 0.0667. The first-order valence-electron chi connectivity index (χ1n) is 6.03. The molecular weight excluding hydrogens is 375 g/mol. The second-order valence-electron chi connectivity index (χ2n) is 4.27. The number of carbonyl (C=O) groups excluding carboxylic acids is 1. The van der Waals surface area contributed by atoms with Crippen LogP contribution in [0.5, 0.6) is 0 Å². The molecule has 108 valence electrons. The van der Waals surface area contributed by atoms with Gasteiger partial charge in [-0.25, -0.2) is 5.43 Å². The summed E-state index contributed by atoms with van der Waals surface area (Å²) >= 11 is 15.1. The van der Waals surface area contributed by atoms with Gasteiger partial charge in [-0.05, 0) is 42.8 Å². The summed E-state index contributed by atoms with van der Waals surface area (Å²) in [5.74, 6) is -0.343. The van der Waals surface area contributed by atoms with Crippen molar-refractivity contribution in [2.75, 3.05) is 0 Å². The standard InChI is InChI=1S/C15H11BrCl2N2O/c1-9(10-2-5-12(16)6-3-10)19-20-15(21)11-4-7-13(17)14(18)8-11/h2-8H,1H3,(H,20,21)/b19-9+. The minimum atomic E-state index is -0.343. The minimum absolute atomic E-state index is 0.331. The third-order valence-electron chi connectivity index (χ3n) is 2.77. The largest absolute Gasteiger partial charge is 0.271 e. The monoisotopic (exact) mass is 384 g/mol. The van der Waals surface area contributed by atoms with E-state index in [1.165, 1.54) is 6.07 Å². The fourth-order valence-electron chi connectivity index (χ4n) is 1.59. The molecule has 2 aromatic carbocycles. The number of hydrogen-bond donors (Lipinski definition) is 1. The molecule has 0 radical (unpaired) electrons. The fourth-order valence-corrected chi connectivity index (χ4v) is 2.15. The van der Waals surface area contributed by atoms with Crippen LogP contribution in [0.3, 0.4) is 0 Å². The van der Waals surface area contributed by atoms with Crippen LogP contribution in [0.4, 0.5) is 0 Å². The molecule has 0 unspecified atom stereocenters. The molecule has 0 heterocycles. The van der Waals surface area contributed by atoms with Gasteiger partial charge in [-0.2, -0.15) is 5.10 Å². The Morgan fingerprint density at radius 1 is 1.05 bits per heavy atom. The smallest absolute Gasteiger partial charge is 0.267 e. The van der Waals surface area contributed by atoms with E-state index in [1.807, 2.05) is 31.2 Å². The Balaban J connectivity index is 2.10. The van der Waals surface area contributed by atoms with Crippen LogP contribution in [0.25, 0.3) is 0 Å². The van der Waals surface area contributed by atoms with E-state index in [0.29, 0.717) is 21.3 Å². The number of hydrazone groups is 1. The first-order chi connectivity index (χ1) is 9.97. The van der Waals surface area contributed by atoms with Gasteiger partial charge in [0, 0.05) is 10.0 Å². The van der Waals surface area contributed by atoms with Crippen molar-refractivity contribution in [3.05, 3.63) is 68.1 Å². The predicted octanol–water partition coefficient (Wildman–Crippen LogP) is 4.91. The lowest BCUT2D eigenvalue weighted by Crippen LogP contribution is -2.19.